The average Bonchev–Trinajstić information content (AvgIpc) is 3.35. The molecule has 2 aromatic carbocycles. The molecule has 1 atom stereocenters. The van der Waals surface area contributed by atoms with E-state index in [9.17, 15) is 4.79 Å². The van der Waals surface area contributed by atoms with Crippen molar-refractivity contribution in [2.45, 2.75) is 12.5 Å². The number of aromatic nitrogens is 2. The summed E-state index contributed by atoms with van der Waals surface area (Å²) in [6, 6.07) is 19.7. The molecule has 1 saturated heterocycles. The SMILES string of the molecule is O=C(c1cc2ccccc2[nH]1)N1CCC(Oc2cccc3cccnc23)C1. The molecule has 0 saturated carbocycles. The van der Waals surface area contributed by atoms with Crippen LogP contribution in [0.3, 0.4) is 0 Å². The molecular formula is C22H19N3O2. The maximum Gasteiger partial charge on any atom is 0.270 e. The molecule has 134 valence electrons. The first kappa shape index (κ1) is 15.9. The zero-order valence-electron chi connectivity index (χ0n) is 14.8. The van der Waals surface area contributed by atoms with E-state index in [0.29, 0.717) is 18.8 Å². The second-order valence-electron chi connectivity index (χ2n) is 6.88. The van der Waals surface area contributed by atoms with Gasteiger partial charge < -0.3 is 14.6 Å². The van der Waals surface area contributed by atoms with Gasteiger partial charge in [0.25, 0.3) is 5.91 Å². The van der Waals surface area contributed by atoms with Crippen LogP contribution in [-0.4, -0.2) is 40.0 Å². The summed E-state index contributed by atoms with van der Waals surface area (Å²) in [5.74, 6) is 0.798. The number of rotatable bonds is 3. The molecule has 5 heteroatoms. The van der Waals surface area contributed by atoms with Gasteiger partial charge in [-0.15, -0.1) is 0 Å². The third-order valence-corrected chi connectivity index (χ3v) is 5.08. The second kappa shape index (κ2) is 6.43. The number of ether oxygens (including phenoxy) is 1. The molecule has 2 aromatic heterocycles. The van der Waals surface area contributed by atoms with E-state index in [1.807, 2.05) is 65.6 Å². The molecule has 1 N–H and O–H groups in total. The number of pyridine rings is 1. The summed E-state index contributed by atoms with van der Waals surface area (Å²) >= 11 is 0. The highest BCUT2D eigenvalue weighted by atomic mass is 16.5. The van der Waals surface area contributed by atoms with E-state index in [1.54, 1.807) is 6.20 Å². The van der Waals surface area contributed by atoms with Crippen molar-refractivity contribution in [3.63, 3.8) is 0 Å². The van der Waals surface area contributed by atoms with Gasteiger partial charge >= 0.3 is 0 Å². The number of carbonyl (C=O) groups is 1. The molecule has 5 nitrogen and oxygen atoms in total. The first-order valence-electron chi connectivity index (χ1n) is 9.15. The largest absolute Gasteiger partial charge is 0.486 e. The predicted molar refractivity (Wildman–Crippen MR) is 105 cm³/mol. The molecule has 27 heavy (non-hydrogen) atoms. The summed E-state index contributed by atoms with van der Waals surface area (Å²) in [7, 11) is 0. The van der Waals surface area contributed by atoms with Crippen LogP contribution < -0.4 is 4.74 Å². The lowest BCUT2D eigenvalue weighted by molar-refractivity contribution is 0.0768. The molecule has 5 rings (SSSR count). The van der Waals surface area contributed by atoms with Crippen LogP contribution in [0.15, 0.2) is 66.9 Å². The van der Waals surface area contributed by atoms with E-state index < -0.39 is 0 Å². The van der Waals surface area contributed by atoms with Crippen molar-refractivity contribution in [2.24, 2.45) is 0 Å². The highest BCUT2D eigenvalue weighted by Crippen LogP contribution is 2.27. The second-order valence-corrected chi connectivity index (χ2v) is 6.88. The molecule has 1 unspecified atom stereocenters. The maximum atomic E-state index is 12.9. The minimum Gasteiger partial charge on any atom is -0.486 e. The summed E-state index contributed by atoms with van der Waals surface area (Å²) < 4.78 is 6.20. The van der Waals surface area contributed by atoms with Gasteiger partial charge in [-0.3, -0.25) is 9.78 Å². The Bertz CT molecular complexity index is 1100. The normalized spacial score (nSPS) is 16.9. The molecule has 1 amide bonds. The third-order valence-electron chi connectivity index (χ3n) is 5.08. The van der Waals surface area contributed by atoms with Crippen molar-refractivity contribution in [1.82, 2.24) is 14.9 Å². The first-order valence-corrected chi connectivity index (χ1v) is 9.15. The van der Waals surface area contributed by atoms with Gasteiger partial charge in [-0.05, 0) is 24.3 Å². The Hall–Kier alpha value is -3.34. The summed E-state index contributed by atoms with van der Waals surface area (Å²) in [6.45, 7) is 1.27. The van der Waals surface area contributed by atoms with Crippen molar-refractivity contribution in [3.8, 4) is 5.75 Å². The number of nitrogens with zero attached hydrogens (tertiary/aromatic N) is 2. The van der Waals surface area contributed by atoms with E-state index in [-0.39, 0.29) is 12.0 Å². The van der Waals surface area contributed by atoms with Gasteiger partial charge in [-0.25, -0.2) is 0 Å². The fourth-order valence-corrected chi connectivity index (χ4v) is 3.72. The van der Waals surface area contributed by atoms with Crippen LogP contribution in [0.2, 0.25) is 0 Å². The molecule has 0 spiro atoms. The lowest BCUT2D eigenvalue weighted by atomic mass is 10.2. The van der Waals surface area contributed by atoms with Gasteiger partial charge in [0, 0.05) is 35.5 Å². The maximum absolute atomic E-state index is 12.9. The molecule has 3 heterocycles. The van der Waals surface area contributed by atoms with Crippen molar-refractivity contribution < 1.29 is 9.53 Å². The molecule has 0 bridgehead atoms. The predicted octanol–water partition coefficient (Wildman–Crippen LogP) is 4.01. The van der Waals surface area contributed by atoms with E-state index in [2.05, 4.69) is 9.97 Å². The van der Waals surface area contributed by atoms with Crippen LogP contribution in [0.5, 0.6) is 5.75 Å². The number of para-hydroxylation sites is 2. The van der Waals surface area contributed by atoms with E-state index in [1.165, 1.54) is 0 Å². The van der Waals surface area contributed by atoms with Gasteiger partial charge in [0.05, 0.1) is 6.54 Å². The Morgan fingerprint density at radius 3 is 2.85 bits per heavy atom. The number of aromatic amines is 1. The van der Waals surface area contributed by atoms with Gasteiger partial charge in [-0.2, -0.15) is 0 Å². The van der Waals surface area contributed by atoms with Crippen LogP contribution in [0, 0.1) is 0 Å². The van der Waals surface area contributed by atoms with Crippen molar-refractivity contribution in [2.75, 3.05) is 13.1 Å². The molecule has 1 aliphatic heterocycles. The van der Waals surface area contributed by atoms with Gasteiger partial charge in [0.1, 0.15) is 23.1 Å². The minimum absolute atomic E-state index is 0.0216. The number of amides is 1. The monoisotopic (exact) mass is 357 g/mol. The quantitative estimate of drug-likeness (QED) is 0.603. The van der Waals surface area contributed by atoms with Gasteiger partial charge in [0.15, 0.2) is 0 Å². The molecule has 1 aliphatic rings. The lowest BCUT2D eigenvalue weighted by Crippen LogP contribution is -2.31. The molecule has 1 fully saturated rings. The number of carbonyl (C=O) groups excluding carboxylic acids is 1. The standard InChI is InChI=1S/C22H19N3O2/c26-22(19-13-16-5-1-2-8-18(16)24-19)25-12-10-17(14-25)27-20-9-3-6-15-7-4-11-23-21(15)20/h1-9,11,13,17,24H,10,12,14H2. The minimum atomic E-state index is -0.0223. The molecule has 0 aliphatic carbocycles. The van der Waals surface area contributed by atoms with Crippen LogP contribution >= 0.6 is 0 Å². The molecule has 0 radical (unpaired) electrons. The molecule has 4 aromatic rings. The van der Waals surface area contributed by atoms with E-state index in [0.717, 1.165) is 34.0 Å². The van der Waals surface area contributed by atoms with Crippen LogP contribution in [0.4, 0.5) is 0 Å². The zero-order chi connectivity index (χ0) is 18.2. The van der Waals surface area contributed by atoms with E-state index >= 15 is 0 Å². The Morgan fingerprint density at radius 2 is 1.93 bits per heavy atom. The highest BCUT2D eigenvalue weighted by Gasteiger charge is 2.29. The Morgan fingerprint density at radius 1 is 1.07 bits per heavy atom. The summed E-state index contributed by atoms with van der Waals surface area (Å²) in [4.78, 5) is 22.4. The van der Waals surface area contributed by atoms with Crippen molar-refractivity contribution in [3.05, 3.63) is 72.6 Å². The number of hydrogen-bond acceptors (Lipinski definition) is 3. The third kappa shape index (κ3) is 2.91. The van der Waals surface area contributed by atoms with Gasteiger partial charge in [0.2, 0.25) is 0 Å². The number of H-pyrrole nitrogens is 1. The topological polar surface area (TPSA) is 58.2 Å². The summed E-state index contributed by atoms with van der Waals surface area (Å²) in [5.41, 5.74) is 2.47. The first-order chi connectivity index (χ1) is 13.3. The van der Waals surface area contributed by atoms with Crippen molar-refractivity contribution in [1.29, 1.82) is 0 Å². The smallest absolute Gasteiger partial charge is 0.270 e. The fourth-order valence-electron chi connectivity index (χ4n) is 3.72. The Labute approximate surface area is 156 Å². The number of hydrogen-bond donors (Lipinski definition) is 1. The van der Waals surface area contributed by atoms with Crippen LogP contribution in [0.1, 0.15) is 16.9 Å². The number of fused-ring (bicyclic) bond motifs is 2. The Kier molecular flexibility index (Phi) is 3.78. The lowest BCUT2D eigenvalue weighted by Gasteiger charge is -2.17. The zero-order valence-corrected chi connectivity index (χ0v) is 14.8. The summed E-state index contributed by atoms with van der Waals surface area (Å²) in [6.07, 6.45) is 2.57. The van der Waals surface area contributed by atoms with Crippen LogP contribution in [0.25, 0.3) is 21.8 Å². The van der Waals surface area contributed by atoms with Crippen molar-refractivity contribution >= 4 is 27.7 Å². The number of likely N-dealkylation sites (tertiary alicyclic amines) is 1. The fraction of sp³-hybridized carbons (Fsp3) is 0.182. The number of nitrogens with one attached hydrogen (secondary N) is 1. The van der Waals surface area contributed by atoms with Gasteiger partial charge in [-0.1, -0.05) is 36.4 Å². The summed E-state index contributed by atoms with van der Waals surface area (Å²) in [5, 5.41) is 2.11. The average molecular weight is 357 g/mol. The highest BCUT2D eigenvalue weighted by molar-refractivity contribution is 5.98. The van der Waals surface area contributed by atoms with E-state index in [4.69, 9.17) is 4.74 Å². The molecular weight excluding hydrogens is 338 g/mol. The Balaban J connectivity index is 1.33. The number of benzene rings is 2. The van der Waals surface area contributed by atoms with Crippen LogP contribution in [-0.2, 0) is 0 Å².